The molecular formula is C15H25NO2. The minimum atomic E-state index is 0.298. The number of para-hydroxylation sites is 1. The summed E-state index contributed by atoms with van der Waals surface area (Å²) in [6, 6.07) is 8.43. The highest BCUT2D eigenvalue weighted by Crippen LogP contribution is 2.23. The molecule has 0 saturated carbocycles. The maximum Gasteiger partial charge on any atom is 0.123 e. The van der Waals surface area contributed by atoms with Crippen LogP contribution in [0.25, 0.3) is 0 Å². The Morgan fingerprint density at radius 3 is 2.72 bits per heavy atom. The molecule has 0 heterocycles. The summed E-state index contributed by atoms with van der Waals surface area (Å²) in [6.07, 6.45) is 2.13. The maximum atomic E-state index is 5.45. The monoisotopic (exact) mass is 251 g/mol. The number of rotatable bonds is 9. The molecule has 3 nitrogen and oxygen atoms in total. The van der Waals surface area contributed by atoms with Crippen LogP contribution in [0.3, 0.4) is 0 Å². The molecule has 0 saturated heterocycles. The van der Waals surface area contributed by atoms with Gasteiger partial charge in [-0.3, -0.25) is 0 Å². The first-order chi connectivity index (χ1) is 8.79. The molecule has 0 aliphatic carbocycles. The lowest BCUT2D eigenvalue weighted by molar-refractivity contribution is 0.131. The van der Waals surface area contributed by atoms with Crippen LogP contribution in [0.5, 0.6) is 5.75 Å². The average Bonchev–Trinajstić information content (AvgIpc) is 2.42. The lowest BCUT2D eigenvalue weighted by Gasteiger charge is -2.17. The van der Waals surface area contributed by atoms with Gasteiger partial charge in [0.2, 0.25) is 0 Å². The Morgan fingerprint density at radius 1 is 1.22 bits per heavy atom. The number of hydrogen-bond donors (Lipinski definition) is 1. The van der Waals surface area contributed by atoms with E-state index in [2.05, 4.69) is 25.2 Å². The summed E-state index contributed by atoms with van der Waals surface area (Å²) in [6.45, 7) is 6.94. The molecule has 0 bridgehead atoms. The second kappa shape index (κ2) is 8.95. The third kappa shape index (κ3) is 5.07. The van der Waals surface area contributed by atoms with E-state index >= 15 is 0 Å². The number of methoxy groups -OCH3 is 1. The highest BCUT2D eigenvalue weighted by Gasteiger charge is 2.09. The average molecular weight is 251 g/mol. The van der Waals surface area contributed by atoms with E-state index in [9.17, 15) is 0 Å². The van der Waals surface area contributed by atoms with E-state index in [-0.39, 0.29) is 0 Å². The van der Waals surface area contributed by atoms with Crippen LogP contribution in [-0.4, -0.2) is 26.9 Å². The molecule has 1 rings (SSSR count). The minimum Gasteiger partial charge on any atom is -0.496 e. The van der Waals surface area contributed by atoms with E-state index in [1.807, 2.05) is 18.2 Å². The molecule has 1 atom stereocenters. The van der Waals surface area contributed by atoms with Crippen molar-refractivity contribution in [3.63, 3.8) is 0 Å². The zero-order valence-electron chi connectivity index (χ0n) is 11.7. The number of benzene rings is 1. The van der Waals surface area contributed by atoms with Crippen LogP contribution in [0.15, 0.2) is 24.3 Å². The van der Waals surface area contributed by atoms with Crippen molar-refractivity contribution in [1.29, 1.82) is 0 Å². The van der Waals surface area contributed by atoms with Crippen molar-refractivity contribution >= 4 is 0 Å². The first-order valence-corrected chi connectivity index (χ1v) is 6.73. The highest BCUT2D eigenvalue weighted by molar-refractivity contribution is 5.35. The van der Waals surface area contributed by atoms with Gasteiger partial charge in [-0.25, -0.2) is 0 Å². The fourth-order valence-electron chi connectivity index (χ4n) is 1.87. The molecule has 1 N–H and O–H groups in total. The molecule has 3 heteroatoms. The predicted molar refractivity (Wildman–Crippen MR) is 75.1 cm³/mol. The van der Waals surface area contributed by atoms with Crippen molar-refractivity contribution in [3.8, 4) is 5.75 Å². The minimum absolute atomic E-state index is 0.298. The number of nitrogens with one attached hydrogen (secondary N) is 1. The molecule has 0 radical (unpaired) electrons. The van der Waals surface area contributed by atoms with Crippen LogP contribution in [-0.2, 0) is 4.74 Å². The van der Waals surface area contributed by atoms with Gasteiger partial charge in [0, 0.05) is 24.8 Å². The molecule has 0 fully saturated rings. The topological polar surface area (TPSA) is 30.5 Å². The molecule has 0 amide bonds. The summed E-state index contributed by atoms with van der Waals surface area (Å²) < 4.78 is 10.8. The molecule has 0 spiro atoms. The summed E-state index contributed by atoms with van der Waals surface area (Å²) in [5.74, 6) is 0.944. The molecule has 0 aromatic heterocycles. The van der Waals surface area contributed by atoms with Gasteiger partial charge in [0.1, 0.15) is 5.75 Å². The number of ether oxygens (including phenoxy) is 2. The quantitative estimate of drug-likeness (QED) is 0.684. The lowest BCUT2D eigenvalue weighted by Crippen LogP contribution is -2.21. The van der Waals surface area contributed by atoms with Crippen molar-refractivity contribution in [3.05, 3.63) is 29.8 Å². The van der Waals surface area contributed by atoms with Gasteiger partial charge in [-0.15, -0.1) is 0 Å². The van der Waals surface area contributed by atoms with Crippen LogP contribution in [0.4, 0.5) is 0 Å². The fraction of sp³-hybridized carbons (Fsp3) is 0.600. The van der Waals surface area contributed by atoms with Gasteiger partial charge in [-0.05, 0) is 32.4 Å². The normalized spacial score (nSPS) is 12.4. The molecule has 1 unspecified atom stereocenters. The van der Waals surface area contributed by atoms with Crippen LogP contribution < -0.4 is 10.1 Å². The van der Waals surface area contributed by atoms with Crippen LogP contribution in [0.1, 0.15) is 38.3 Å². The Kier molecular flexibility index (Phi) is 7.46. The predicted octanol–water partition coefficient (Wildman–Crippen LogP) is 3.16. The van der Waals surface area contributed by atoms with Crippen molar-refractivity contribution in [2.45, 2.75) is 32.7 Å². The van der Waals surface area contributed by atoms with E-state index in [0.29, 0.717) is 6.04 Å². The van der Waals surface area contributed by atoms with Gasteiger partial charge < -0.3 is 14.8 Å². The van der Waals surface area contributed by atoms with E-state index in [0.717, 1.165) is 38.3 Å². The summed E-state index contributed by atoms with van der Waals surface area (Å²) in [5, 5.41) is 3.49. The Labute approximate surface area is 110 Å². The Balaban J connectivity index is 2.29. The summed E-state index contributed by atoms with van der Waals surface area (Å²) in [7, 11) is 1.71. The van der Waals surface area contributed by atoms with E-state index in [4.69, 9.17) is 9.47 Å². The van der Waals surface area contributed by atoms with Crippen molar-refractivity contribution in [2.24, 2.45) is 0 Å². The molecule has 0 aliphatic rings. The molecule has 18 heavy (non-hydrogen) atoms. The molecular weight excluding hydrogens is 226 g/mol. The zero-order valence-corrected chi connectivity index (χ0v) is 11.7. The van der Waals surface area contributed by atoms with E-state index in [1.54, 1.807) is 7.11 Å². The van der Waals surface area contributed by atoms with Crippen LogP contribution in [0.2, 0.25) is 0 Å². The van der Waals surface area contributed by atoms with Gasteiger partial charge in [0.05, 0.1) is 7.11 Å². The Hall–Kier alpha value is -1.06. The smallest absolute Gasteiger partial charge is 0.123 e. The third-order valence-corrected chi connectivity index (χ3v) is 2.87. The van der Waals surface area contributed by atoms with Gasteiger partial charge in [0.25, 0.3) is 0 Å². The lowest BCUT2D eigenvalue weighted by atomic mass is 10.1. The van der Waals surface area contributed by atoms with E-state index < -0.39 is 0 Å². The third-order valence-electron chi connectivity index (χ3n) is 2.87. The molecule has 1 aromatic carbocycles. The van der Waals surface area contributed by atoms with Gasteiger partial charge in [-0.1, -0.05) is 25.1 Å². The van der Waals surface area contributed by atoms with Gasteiger partial charge >= 0.3 is 0 Å². The summed E-state index contributed by atoms with van der Waals surface area (Å²) in [5.41, 5.74) is 1.20. The second-order valence-corrected chi connectivity index (χ2v) is 4.38. The van der Waals surface area contributed by atoms with Crippen LogP contribution >= 0.6 is 0 Å². The van der Waals surface area contributed by atoms with Crippen molar-refractivity contribution in [1.82, 2.24) is 5.32 Å². The maximum absolute atomic E-state index is 5.45. The highest BCUT2D eigenvalue weighted by atomic mass is 16.5. The van der Waals surface area contributed by atoms with Gasteiger partial charge in [-0.2, -0.15) is 0 Å². The Bertz CT molecular complexity index is 328. The van der Waals surface area contributed by atoms with Crippen molar-refractivity contribution < 1.29 is 9.47 Å². The number of hydrogen-bond acceptors (Lipinski definition) is 3. The molecule has 102 valence electrons. The first-order valence-electron chi connectivity index (χ1n) is 6.73. The molecule has 0 aliphatic heterocycles. The van der Waals surface area contributed by atoms with Crippen LogP contribution in [0, 0.1) is 0 Å². The van der Waals surface area contributed by atoms with Gasteiger partial charge in [0.15, 0.2) is 0 Å². The summed E-state index contributed by atoms with van der Waals surface area (Å²) >= 11 is 0. The first kappa shape index (κ1) is 15.0. The summed E-state index contributed by atoms with van der Waals surface area (Å²) in [4.78, 5) is 0. The fourth-order valence-corrected chi connectivity index (χ4v) is 1.87. The second-order valence-electron chi connectivity index (χ2n) is 4.38. The zero-order chi connectivity index (χ0) is 13.2. The van der Waals surface area contributed by atoms with Crippen molar-refractivity contribution in [2.75, 3.05) is 26.9 Å². The molecule has 1 aromatic rings. The van der Waals surface area contributed by atoms with E-state index in [1.165, 1.54) is 5.56 Å². The SMILES string of the molecule is CCCOCCCNC(C)c1ccccc1OC. The Morgan fingerprint density at radius 2 is 2.00 bits per heavy atom. The largest absolute Gasteiger partial charge is 0.496 e. The standard InChI is InChI=1S/C15H25NO2/c1-4-11-18-12-7-10-16-13(2)14-8-5-6-9-15(14)17-3/h5-6,8-9,13,16H,4,7,10-12H2,1-3H3.